The zero-order valence-corrected chi connectivity index (χ0v) is 17.5. The zero-order valence-electron chi connectivity index (χ0n) is 17.5. The van der Waals surface area contributed by atoms with Crippen LogP contribution < -0.4 is 5.32 Å². The Balaban J connectivity index is 1.32. The first kappa shape index (κ1) is 21.2. The number of carbonyl (C=O) groups excluding carboxylic acids is 3. The van der Waals surface area contributed by atoms with Crippen molar-refractivity contribution in [3.63, 3.8) is 0 Å². The van der Waals surface area contributed by atoms with Gasteiger partial charge in [0.05, 0.1) is 30.4 Å². The third-order valence-electron chi connectivity index (χ3n) is 5.75. The number of ether oxygens (including phenoxy) is 1. The summed E-state index contributed by atoms with van der Waals surface area (Å²) in [7, 11) is 0. The number of nitrogens with zero attached hydrogens (tertiary/aromatic N) is 2. The number of amides is 3. The summed E-state index contributed by atoms with van der Waals surface area (Å²) < 4.78 is 5.42. The molecule has 0 bridgehead atoms. The topological polar surface area (TPSA) is 79.0 Å². The first-order valence-electron chi connectivity index (χ1n) is 10.7. The Labute approximate surface area is 182 Å². The van der Waals surface area contributed by atoms with Gasteiger partial charge in [-0.05, 0) is 24.1 Å². The fraction of sp³-hybridized carbons (Fsp3) is 0.375. The first-order chi connectivity index (χ1) is 15.1. The average molecular weight is 421 g/mol. The molecule has 1 fully saturated rings. The number of morpholine rings is 1. The van der Waals surface area contributed by atoms with Crippen LogP contribution in [-0.2, 0) is 9.53 Å². The van der Waals surface area contributed by atoms with Crippen LogP contribution in [0.4, 0.5) is 0 Å². The molecule has 162 valence electrons. The number of imide groups is 1. The molecule has 2 aromatic carbocycles. The molecule has 1 atom stereocenters. The predicted molar refractivity (Wildman–Crippen MR) is 116 cm³/mol. The van der Waals surface area contributed by atoms with E-state index in [-0.39, 0.29) is 36.7 Å². The van der Waals surface area contributed by atoms with Crippen LogP contribution in [0.25, 0.3) is 0 Å². The minimum absolute atomic E-state index is 0.0845. The molecule has 2 aliphatic heterocycles. The van der Waals surface area contributed by atoms with E-state index in [9.17, 15) is 14.4 Å². The van der Waals surface area contributed by atoms with Crippen LogP contribution >= 0.6 is 0 Å². The quantitative estimate of drug-likeness (QED) is 0.662. The van der Waals surface area contributed by atoms with Gasteiger partial charge in [-0.2, -0.15) is 0 Å². The molecule has 2 aromatic rings. The second-order valence-electron chi connectivity index (χ2n) is 7.85. The van der Waals surface area contributed by atoms with Crippen molar-refractivity contribution in [2.45, 2.75) is 18.9 Å². The Hall–Kier alpha value is -3.03. The summed E-state index contributed by atoms with van der Waals surface area (Å²) in [5.41, 5.74) is 1.93. The molecule has 7 heteroatoms. The van der Waals surface area contributed by atoms with Crippen molar-refractivity contribution < 1.29 is 19.1 Å². The number of hydrogen-bond acceptors (Lipinski definition) is 5. The maximum absolute atomic E-state index is 12.7. The van der Waals surface area contributed by atoms with E-state index >= 15 is 0 Å². The monoisotopic (exact) mass is 421 g/mol. The minimum Gasteiger partial charge on any atom is -0.379 e. The lowest BCUT2D eigenvalue weighted by molar-refractivity contribution is -0.122. The van der Waals surface area contributed by atoms with Gasteiger partial charge in [-0.25, -0.2) is 0 Å². The summed E-state index contributed by atoms with van der Waals surface area (Å²) in [5.74, 6) is -0.648. The molecular weight excluding hydrogens is 394 g/mol. The Morgan fingerprint density at radius 2 is 1.55 bits per heavy atom. The van der Waals surface area contributed by atoms with Gasteiger partial charge in [0, 0.05) is 32.6 Å². The van der Waals surface area contributed by atoms with Crippen LogP contribution in [0.2, 0.25) is 0 Å². The molecule has 1 N–H and O–H groups in total. The van der Waals surface area contributed by atoms with E-state index in [2.05, 4.69) is 10.2 Å². The lowest BCUT2D eigenvalue weighted by atomic mass is 10.1. The molecule has 0 spiro atoms. The lowest BCUT2D eigenvalue weighted by Gasteiger charge is -2.31. The number of rotatable bonds is 8. The average Bonchev–Trinajstić information content (AvgIpc) is 3.05. The van der Waals surface area contributed by atoms with Crippen molar-refractivity contribution in [2.24, 2.45) is 0 Å². The third-order valence-corrected chi connectivity index (χ3v) is 5.75. The van der Waals surface area contributed by atoms with Gasteiger partial charge in [-0.1, -0.05) is 42.5 Å². The molecule has 2 aliphatic rings. The van der Waals surface area contributed by atoms with E-state index in [0.29, 0.717) is 30.8 Å². The van der Waals surface area contributed by atoms with E-state index in [1.54, 1.807) is 24.3 Å². The predicted octanol–water partition coefficient (Wildman–Crippen LogP) is 2.25. The van der Waals surface area contributed by atoms with Crippen LogP contribution in [0.3, 0.4) is 0 Å². The van der Waals surface area contributed by atoms with Gasteiger partial charge in [-0.15, -0.1) is 0 Å². The molecular formula is C24H27N3O4. The van der Waals surface area contributed by atoms with E-state index in [0.717, 1.165) is 25.2 Å². The Kier molecular flexibility index (Phi) is 6.74. The number of carbonyl (C=O) groups is 3. The molecule has 31 heavy (non-hydrogen) atoms. The third kappa shape index (κ3) is 5.00. The SMILES string of the molecule is O=C(CCCN1C(=O)c2ccccc2C1=O)N[C@H](CN1CCOCC1)c1ccccc1. The smallest absolute Gasteiger partial charge is 0.261 e. The Morgan fingerprint density at radius 3 is 2.19 bits per heavy atom. The normalized spacial score (nSPS) is 17.5. The van der Waals surface area contributed by atoms with E-state index in [1.807, 2.05) is 30.3 Å². The van der Waals surface area contributed by atoms with Crippen molar-refractivity contribution in [2.75, 3.05) is 39.4 Å². The van der Waals surface area contributed by atoms with Crippen molar-refractivity contribution in [3.05, 3.63) is 71.3 Å². The van der Waals surface area contributed by atoms with Gasteiger partial charge in [0.1, 0.15) is 0 Å². The molecule has 0 aliphatic carbocycles. The summed E-state index contributed by atoms with van der Waals surface area (Å²) in [6.45, 7) is 4.06. The highest BCUT2D eigenvalue weighted by molar-refractivity contribution is 6.21. The van der Waals surface area contributed by atoms with E-state index in [1.165, 1.54) is 4.90 Å². The summed E-state index contributed by atoms with van der Waals surface area (Å²) in [4.78, 5) is 41.1. The van der Waals surface area contributed by atoms with Crippen LogP contribution in [0, 0.1) is 0 Å². The van der Waals surface area contributed by atoms with Gasteiger partial charge in [0.15, 0.2) is 0 Å². The summed E-state index contributed by atoms with van der Waals surface area (Å²) >= 11 is 0. The Bertz CT molecular complexity index is 906. The summed E-state index contributed by atoms with van der Waals surface area (Å²) in [5, 5.41) is 3.14. The van der Waals surface area contributed by atoms with E-state index in [4.69, 9.17) is 4.74 Å². The summed E-state index contributed by atoms with van der Waals surface area (Å²) in [6, 6.07) is 16.6. The van der Waals surface area contributed by atoms with Gasteiger partial charge in [0.2, 0.25) is 5.91 Å². The second kappa shape index (κ2) is 9.85. The molecule has 0 unspecified atom stereocenters. The minimum atomic E-state index is -0.282. The molecule has 0 radical (unpaired) electrons. The Morgan fingerprint density at radius 1 is 0.935 bits per heavy atom. The first-order valence-corrected chi connectivity index (χ1v) is 10.7. The van der Waals surface area contributed by atoms with Crippen LogP contribution in [0.1, 0.15) is 45.2 Å². The highest BCUT2D eigenvalue weighted by atomic mass is 16.5. The number of hydrogen-bond donors (Lipinski definition) is 1. The van der Waals surface area contributed by atoms with Crippen molar-refractivity contribution in [1.29, 1.82) is 0 Å². The molecule has 3 amide bonds. The number of fused-ring (bicyclic) bond motifs is 1. The van der Waals surface area contributed by atoms with Crippen molar-refractivity contribution in [1.82, 2.24) is 15.1 Å². The van der Waals surface area contributed by atoms with Crippen LogP contribution in [0.5, 0.6) is 0 Å². The molecule has 0 saturated carbocycles. The van der Waals surface area contributed by atoms with Crippen LogP contribution in [-0.4, -0.2) is 66.9 Å². The molecule has 4 rings (SSSR count). The number of benzene rings is 2. The maximum atomic E-state index is 12.7. The highest BCUT2D eigenvalue weighted by Crippen LogP contribution is 2.23. The van der Waals surface area contributed by atoms with Crippen LogP contribution in [0.15, 0.2) is 54.6 Å². The number of nitrogens with one attached hydrogen (secondary N) is 1. The van der Waals surface area contributed by atoms with Gasteiger partial charge >= 0.3 is 0 Å². The highest BCUT2D eigenvalue weighted by Gasteiger charge is 2.34. The summed E-state index contributed by atoms with van der Waals surface area (Å²) in [6.07, 6.45) is 0.677. The largest absolute Gasteiger partial charge is 0.379 e. The standard InChI is InChI=1S/C24H27N3O4/c28-22(11-6-12-27-23(29)19-9-4-5-10-20(19)24(27)30)25-21(18-7-2-1-3-8-18)17-26-13-15-31-16-14-26/h1-5,7-10,21H,6,11-17H2,(H,25,28)/t21-/m1/s1. The molecule has 1 saturated heterocycles. The van der Waals surface area contributed by atoms with Gasteiger partial charge in [-0.3, -0.25) is 24.2 Å². The van der Waals surface area contributed by atoms with E-state index < -0.39 is 0 Å². The maximum Gasteiger partial charge on any atom is 0.261 e. The fourth-order valence-electron chi connectivity index (χ4n) is 4.07. The fourth-order valence-corrected chi connectivity index (χ4v) is 4.07. The van der Waals surface area contributed by atoms with Gasteiger partial charge in [0.25, 0.3) is 11.8 Å². The lowest BCUT2D eigenvalue weighted by Crippen LogP contribution is -2.43. The van der Waals surface area contributed by atoms with Crippen molar-refractivity contribution >= 4 is 17.7 Å². The second-order valence-corrected chi connectivity index (χ2v) is 7.85. The molecule has 2 heterocycles. The zero-order chi connectivity index (χ0) is 21.6. The molecule has 7 nitrogen and oxygen atoms in total. The van der Waals surface area contributed by atoms with Crippen molar-refractivity contribution in [3.8, 4) is 0 Å². The molecule has 0 aromatic heterocycles. The van der Waals surface area contributed by atoms with Gasteiger partial charge < -0.3 is 10.1 Å².